The first-order valence-electron chi connectivity index (χ1n) is 8.02. The Morgan fingerprint density at radius 1 is 1.19 bits per heavy atom. The summed E-state index contributed by atoms with van der Waals surface area (Å²) in [5.74, 6) is -1.76. The van der Waals surface area contributed by atoms with E-state index in [4.69, 9.17) is 0 Å². The van der Waals surface area contributed by atoms with Crippen LogP contribution in [0.4, 0.5) is 5.69 Å². The van der Waals surface area contributed by atoms with Crippen molar-refractivity contribution in [1.82, 2.24) is 19.6 Å². The van der Waals surface area contributed by atoms with Gasteiger partial charge in [-0.1, -0.05) is 12.1 Å². The van der Waals surface area contributed by atoms with Crippen LogP contribution in [0.15, 0.2) is 36.5 Å². The zero-order valence-corrected chi connectivity index (χ0v) is 14.7. The molecule has 3 rings (SSSR count). The second-order valence-corrected chi connectivity index (χ2v) is 6.11. The largest absolute Gasteiger partial charge is 0.478 e. The number of carbonyl (C=O) groups is 2. The van der Waals surface area contributed by atoms with Gasteiger partial charge in [-0.05, 0) is 37.6 Å². The number of hydrogen-bond acceptors (Lipinski definition) is 4. The van der Waals surface area contributed by atoms with Crippen molar-refractivity contribution in [2.75, 3.05) is 5.32 Å². The summed E-state index contributed by atoms with van der Waals surface area (Å²) in [5, 5.41) is 20.3. The molecular weight excluding hydrogens is 334 g/mol. The number of carbonyl (C=O) groups excluding carboxylic acids is 1. The average Bonchev–Trinajstić information content (AvgIpc) is 3.10. The number of amides is 1. The minimum Gasteiger partial charge on any atom is -0.478 e. The Balaban J connectivity index is 1.79. The molecule has 0 unspecified atom stereocenters. The van der Waals surface area contributed by atoms with Gasteiger partial charge < -0.3 is 10.4 Å². The molecule has 0 bridgehead atoms. The second kappa shape index (κ2) is 6.83. The third-order valence-electron chi connectivity index (χ3n) is 3.89. The van der Waals surface area contributed by atoms with Gasteiger partial charge >= 0.3 is 5.97 Å². The highest BCUT2D eigenvalue weighted by Crippen LogP contribution is 2.15. The molecule has 0 saturated heterocycles. The quantitative estimate of drug-likeness (QED) is 0.732. The predicted molar refractivity (Wildman–Crippen MR) is 95.4 cm³/mol. The van der Waals surface area contributed by atoms with E-state index in [1.165, 1.54) is 10.9 Å². The SMILES string of the molecule is Cc1cc(C)n(Cc2cccc(NC(=O)c3nn(C)cc3C(=O)O)c2)n1. The number of carboxylic acids is 1. The van der Waals surface area contributed by atoms with E-state index in [1.54, 1.807) is 13.1 Å². The Hall–Kier alpha value is -3.42. The maximum Gasteiger partial charge on any atom is 0.339 e. The van der Waals surface area contributed by atoms with Crippen molar-refractivity contribution < 1.29 is 14.7 Å². The summed E-state index contributed by atoms with van der Waals surface area (Å²) in [6, 6.07) is 9.34. The fourth-order valence-corrected chi connectivity index (χ4v) is 2.76. The minimum absolute atomic E-state index is 0.121. The number of aromatic nitrogens is 4. The molecule has 8 heteroatoms. The molecule has 0 saturated carbocycles. The lowest BCUT2D eigenvalue weighted by atomic mass is 10.2. The summed E-state index contributed by atoms with van der Waals surface area (Å²) in [6.45, 7) is 4.50. The second-order valence-electron chi connectivity index (χ2n) is 6.11. The lowest BCUT2D eigenvalue weighted by molar-refractivity contribution is 0.0692. The number of aryl methyl sites for hydroxylation is 3. The standard InChI is InChI=1S/C18H19N5O3/c1-11-7-12(2)23(20-11)9-13-5-4-6-14(8-13)19-17(24)16-15(18(25)26)10-22(3)21-16/h4-8,10H,9H2,1-3H3,(H,19,24)(H,25,26). The van der Waals surface area contributed by atoms with Gasteiger partial charge in [0.1, 0.15) is 5.56 Å². The van der Waals surface area contributed by atoms with Crippen LogP contribution in [0.25, 0.3) is 0 Å². The molecule has 2 aromatic heterocycles. The Bertz CT molecular complexity index is 987. The number of nitrogens with zero attached hydrogens (tertiary/aromatic N) is 4. The molecule has 2 N–H and O–H groups in total. The highest BCUT2D eigenvalue weighted by atomic mass is 16.4. The summed E-state index contributed by atoms with van der Waals surface area (Å²) in [4.78, 5) is 23.7. The highest BCUT2D eigenvalue weighted by Gasteiger charge is 2.21. The molecule has 0 aliphatic carbocycles. The number of aromatic carboxylic acids is 1. The summed E-state index contributed by atoms with van der Waals surface area (Å²) in [5.41, 5.74) is 3.28. The first-order valence-corrected chi connectivity index (χ1v) is 8.02. The molecule has 2 heterocycles. The van der Waals surface area contributed by atoms with Gasteiger partial charge in [0.15, 0.2) is 5.69 Å². The molecule has 26 heavy (non-hydrogen) atoms. The van der Waals surface area contributed by atoms with Crippen LogP contribution in [-0.4, -0.2) is 36.5 Å². The number of benzene rings is 1. The van der Waals surface area contributed by atoms with E-state index in [0.29, 0.717) is 12.2 Å². The van der Waals surface area contributed by atoms with E-state index in [9.17, 15) is 14.7 Å². The van der Waals surface area contributed by atoms with Gasteiger partial charge in [-0.3, -0.25) is 14.2 Å². The van der Waals surface area contributed by atoms with Crippen LogP contribution in [0.2, 0.25) is 0 Å². The van der Waals surface area contributed by atoms with Crippen molar-refractivity contribution in [2.45, 2.75) is 20.4 Å². The molecule has 0 spiro atoms. The normalized spacial score (nSPS) is 10.7. The van der Waals surface area contributed by atoms with Crippen LogP contribution < -0.4 is 5.32 Å². The molecule has 0 aliphatic heterocycles. The van der Waals surface area contributed by atoms with E-state index in [1.807, 2.05) is 42.8 Å². The summed E-state index contributed by atoms with van der Waals surface area (Å²) in [6.07, 6.45) is 1.30. The van der Waals surface area contributed by atoms with Crippen LogP contribution >= 0.6 is 0 Å². The van der Waals surface area contributed by atoms with Gasteiger partial charge in [0.25, 0.3) is 5.91 Å². The van der Waals surface area contributed by atoms with Crippen molar-refractivity contribution in [3.63, 3.8) is 0 Å². The van der Waals surface area contributed by atoms with E-state index in [2.05, 4.69) is 15.5 Å². The zero-order chi connectivity index (χ0) is 18.8. The van der Waals surface area contributed by atoms with Crippen molar-refractivity contribution in [3.8, 4) is 0 Å². The Labute approximate surface area is 150 Å². The molecule has 0 atom stereocenters. The lowest BCUT2D eigenvalue weighted by Crippen LogP contribution is -2.16. The van der Waals surface area contributed by atoms with Crippen molar-refractivity contribution in [2.24, 2.45) is 7.05 Å². The number of hydrogen-bond donors (Lipinski definition) is 2. The van der Waals surface area contributed by atoms with Gasteiger partial charge in [0.2, 0.25) is 0 Å². The average molecular weight is 353 g/mol. The molecule has 0 radical (unpaired) electrons. The van der Waals surface area contributed by atoms with Gasteiger partial charge in [-0.25, -0.2) is 4.79 Å². The molecule has 3 aromatic rings. The minimum atomic E-state index is -1.19. The van der Waals surface area contributed by atoms with Crippen LogP contribution in [0.1, 0.15) is 37.8 Å². The fourth-order valence-electron chi connectivity index (χ4n) is 2.76. The third kappa shape index (κ3) is 3.64. The van der Waals surface area contributed by atoms with Gasteiger partial charge in [0, 0.05) is 24.6 Å². The van der Waals surface area contributed by atoms with Crippen LogP contribution in [-0.2, 0) is 13.6 Å². The number of rotatable bonds is 5. The third-order valence-corrected chi connectivity index (χ3v) is 3.89. The van der Waals surface area contributed by atoms with E-state index < -0.39 is 11.9 Å². The summed E-state index contributed by atoms with van der Waals surface area (Å²) in [7, 11) is 1.57. The van der Waals surface area contributed by atoms with Crippen molar-refractivity contribution in [1.29, 1.82) is 0 Å². The van der Waals surface area contributed by atoms with Gasteiger partial charge in [-0.15, -0.1) is 0 Å². The fraction of sp³-hybridized carbons (Fsp3) is 0.222. The van der Waals surface area contributed by atoms with E-state index in [-0.39, 0.29) is 11.3 Å². The van der Waals surface area contributed by atoms with Crippen LogP contribution in [0.5, 0.6) is 0 Å². The summed E-state index contributed by atoms with van der Waals surface area (Å²) >= 11 is 0. The lowest BCUT2D eigenvalue weighted by Gasteiger charge is -2.08. The van der Waals surface area contributed by atoms with Crippen molar-refractivity contribution >= 4 is 17.6 Å². The Morgan fingerprint density at radius 2 is 1.96 bits per heavy atom. The van der Waals surface area contributed by atoms with Gasteiger partial charge in [0.05, 0.1) is 12.2 Å². The number of nitrogens with one attached hydrogen (secondary N) is 1. The number of anilines is 1. The Kier molecular flexibility index (Phi) is 4.57. The van der Waals surface area contributed by atoms with Crippen LogP contribution in [0, 0.1) is 13.8 Å². The highest BCUT2D eigenvalue weighted by molar-refractivity contribution is 6.09. The van der Waals surface area contributed by atoms with Gasteiger partial charge in [-0.2, -0.15) is 10.2 Å². The van der Waals surface area contributed by atoms with E-state index in [0.717, 1.165) is 17.0 Å². The van der Waals surface area contributed by atoms with E-state index >= 15 is 0 Å². The topological polar surface area (TPSA) is 102 Å². The van der Waals surface area contributed by atoms with Crippen LogP contribution in [0.3, 0.4) is 0 Å². The number of carboxylic acid groups (broad SMARTS) is 1. The maximum absolute atomic E-state index is 12.4. The molecule has 0 aliphatic rings. The molecule has 8 nitrogen and oxygen atoms in total. The first kappa shape index (κ1) is 17.4. The molecule has 0 fully saturated rings. The van der Waals surface area contributed by atoms with Crippen molar-refractivity contribution in [3.05, 3.63) is 64.7 Å². The maximum atomic E-state index is 12.4. The smallest absolute Gasteiger partial charge is 0.339 e. The molecular formula is C18H19N5O3. The molecule has 134 valence electrons. The zero-order valence-electron chi connectivity index (χ0n) is 14.7. The molecule has 1 aromatic carbocycles. The first-order chi connectivity index (χ1) is 12.3. The molecule has 1 amide bonds. The predicted octanol–water partition coefficient (Wildman–Crippen LogP) is 2.23. The Morgan fingerprint density at radius 3 is 2.62 bits per heavy atom. The summed E-state index contributed by atoms with van der Waals surface area (Å²) < 4.78 is 3.19. The monoisotopic (exact) mass is 353 g/mol.